The summed E-state index contributed by atoms with van der Waals surface area (Å²) in [5, 5.41) is 0. The second-order valence-electron chi connectivity index (χ2n) is 8.33. The molecule has 5 heteroatoms. The second kappa shape index (κ2) is 7.74. The van der Waals surface area contributed by atoms with E-state index in [1.54, 1.807) is 6.20 Å². The Morgan fingerprint density at radius 1 is 1.11 bits per heavy atom. The zero-order valence-electron chi connectivity index (χ0n) is 16.4. The van der Waals surface area contributed by atoms with Crippen LogP contribution >= 0.6 is 0 Å². The molecule has 2 aliphatic heterocycles. The van der Waals surface area contributed by atoms with E-state index in [2.05, 4.69) is 24.0 Å². The number of rotatable bonds is 4. The minimum absolute atomic E-state index is 0.0277. The van der Waals surface area contributed by atoms with Gasteiger partial charge in [0.1, 0.15) is 0 Å². The molecule has 0 aliphatic carbocycles. The Morgan fingerprint density at radius 2 is 1.86 bits per heavy atom. The van der Waals surface area contributed by atoms with Gasteiger partial charge in [-0.3, -0.25) is 14.6 Å². The van der Waals surface area contributed by atoms with E-state index in [0.29, 0.717) is 19.4 Å². The largest absolute Gasteiger partial charge is 0.342 e. The fraction of sp³-hybridized carbons (Fsp3) is 0.435. The molecule has 0 N–H and O–H groups in total. The van der Waals surface area contributed by atoms with Gasteiger partial charge in [0.2, 0.25) is 11.8 Å². The maximum absolute atomic E-state index is 12.7. The van der Waals surface area contributed by atoms with Crippen LogP contribution < -0.4 is 0 Å². The van der Waals surface area contributed by atoms with Crippen LogP contribution in [0, 0.1) is 12.3 Å². The summed E-state index contributed by atoms with van der Waals surface area (Å²) in [5.41, 5.74) is 3.37. The number of amides is 2. The van der Waals surface area contributed by atoms with Crippen molar-refractivity contribution in [1.82, 2.24) is 14.8 Å². The fourth-order valence-corrected chi connectivity index (χ4v) is 4.40. The molecule has 0 saturated carbocycles. The monoisotopic (exact) mass is 377 g/mol. The van der Waals surface area contributed by atoms with Crippen LogP contribution in [-0.4, -0.2) is 46.2 Å². The molecule has 28 heavy (non-hydrogen) atoms. The van der Waals surface area contributed by atoms with Gasteiger partial charge in [-0.25, -0.2) is 0 Å². The zero-order valence-corrected chi connectivity index (χ0v) is 16.4. The lowest BCUT2D eigenvalue weighted by molar-refractivity contribution is -0.132. The average Bonchev–Trinajstić information content (AvgIpc) is 2.99. The lowest BCUT2D eigenvalue weighted by Gasteiger charge is -2.39. The molecule has 2 saturated heterocycles. The highest BCUT2D eigenvalue weighted by atomic mass is 16.2. The SMILES string of the molecule is Cc1ccc(CC(=O)N2CCC3(CC2)CC(=O)N(Cc2cccnc2)C3)cc1. The Bertz CT molecular complexity index is 840. The van der Waals surface area contributed by atoms with Gasteiger partial charge >= 0.3 is 0 Å². The molecule has 1 spiro atoms. The standard InChI is InChI=1S/C23H27N3O2/c1-18-4-6-19(7-5-18)13-21(27)25-11-8-23(9-12-25)14-22(28)26(17-23)16-20-3-2-10-24-15-20/h2-7,10,15H,8-9,11-14,16-17H2,1H3. The molecule has 4 rings (SSSR count). The summed E-state index contributed by atoms with van der Waals surface area (Å²) in [6.07, 6.45) is 6.45. The predicted molar refractivity (Wildman–Crippen MR) is 107 cm³/mol. The summed E-state index contributed by atoms with van der Waals surface area (Å²) in [6, 6.07) is 12.1. The van der Waals surface area contributed by atoms with Crippen molar-refractivity contribution in [1.29, 1.82) is 0 Å². The van der Waals surface area contributed by atoms with E-state index in [1.165, 1.54) is 5.56 Å². The smallest absolute Gasteiger partial charge is 0.226 e. The highest BCUT2D eigenvalue weighted by Gasteiger charge is 2.45. The Balaban J connectivity index is 1.32. The number of piperidine rings is 1. The van der Waals surface area contributed by atoms with Crippen molar-refractivity contribution < 1.29 is 9.59 Å². The highest BCUT2D eigenvalue weighted by molar-refractivity contribution is 5.80. The predicted octanol–water partition coefficient (Wildman–Crippen LogP) is 2.97. The van der Waals surface area contributed by atoms with Gasteiger partial charge in [0.15, 0.2) is 0 Å². The maximum atomic E-state index is 12.7. The van der Waals surface area contributed by atoms with Gasteiger partial charge in [-0.05, 0) is 37.0 Å². The summed E-state index contributed by atoms with van der Waals surface area (Å²) in [7, 11) is 0. The molecular formula is C23H27N3O2. The number of nitrogens with zero attached hydrogens (tertiary/aromatic N) is 3. The van der Waals surface area contributed by atoms with Crippen LogP contribution in [0.15, 0.2) is 48.8 Å². The third-order valence-electron chi connectivity index (χ3n) is 6.15. The van der Waals surface area contributed by atoms with Crippen molar-refractivity contribution >= 4 is 11.8 Å². The van der Waals surface area contributed by atoms with E-state index < -0.39 is 0 Å². The van der Waals surface area contributed by atoms with Crippen LogP contribution in [0.2, 0.25) is 0 Å². The van der Waals surface area contributed by atoms with Crippen molar-refractivity contribution in [2.45, 2.75) is 39.2 Å². The van der Waals surface area contributed by atoms with Gasteiger partial charge in [0.25, 0.3) is 0 Å². The number of pyridine rings is 1. The third kappa shape index (κ3) is 4.08. The Hall–Kier alpha value is -2.69. The number of aryl methyl sites for hydroxylation is 1. The van der Waals surface area contributed by atoms with Crippen molar-refractivity contribution in [3.63, 3.8) is 0 Å². The van der Waals surface area contributed by atoms with Crippen molar-refractivity contribution in [2.75, 3.05) is 19.6 Å². The molecule has 2 aromatic rings. The molecule has 5 nitrogen and oxygen atoms in total. The lowest BCUT2D eigenvalue weighted by atomic mass is 9.77. The van der Waals surface area contributed by atoms with Crippen LogP contribution in [0.5, 0.6) is 0 Å². The Kier molecular flexibility index (Phi) is 5.16. The summed E-state index contributed by atoms with van der Waals surface area (Å²) in [5.74, 6) is 0.415. The van der Waals surface area contributed by atoms with E-state index in [0.717, 1.165) is 43.6 Å². The van der Waals surface area contributed by atoms with Gasteiger partial charge < -0.3 is 9.80 Å². The molecule has 2 fully saturated rings. The van der Waals surface area contributed by atoms with Gasteiger partial charge in [-0.2, -0.15) is 0 Å². The Morgan fingerprint density at radius 3 is 2.54 bits per heavy atom. The molecule has 146 valence electrons. The summed E-state index contributed by atoms with van der Waals surface area (Å²) in [4.78, 5) is 33.3. The first-order valence-corrected chi connectivity index (χ1v) is 10.0. The molecular weight excluding hydrogens is 350 g/mol. The third-order valence-corrected chi connectivity index (χ3v) is 6.15. The molecule has 2 aliphatic rings. The molecule has 0 radical (unpaired) electrons. The van der Waals surface area contributed by atoms with Crippen LogP contribution in [0.25, 0.3) is 0 Å². The van der Waals surface area contributed by atoms with Crippen molar-refractivity contribution in [2.24, 2.45) is 5.41 Å². The maximum Gasteiger partial charge on any atom is 0.226 e. The molecule has 2 amide bonds. The number of carbonyl (C=O) groups excluding carboxylic acids is 2. The minimum atomic E-state index is 0.0277. The van der Waals surface area contributed by atoms with E-state index in [4.69, 9.17) is 0 Å². The zero-order chi connectivity index (χ0) is 19.6. The van der Waals surface area contributed by atoms with Crippen LogP contribution in [0.3, 0.4) is 0 Å². The number of likely N-dealkylation sites (tertiary alicyclic amines) is 2. The molecule has 1 aromatic carbocycles. The normalized spacial score (nSPS) is 18.7. The van der Waals surface area contributed by atoms with Gasteiger partial charge in [0, 0.05) is 50.4 Å². The van der Waals surface area contributed by atoms with Crippen molar-refractivity contribution in [3.8, 4) is 0 Å². The minimum Gasteiger partial charge on any atom is -0.342 e. The van der Waals surface area contributed by atoms with Crippen molar-refractivity contribution in [3.05, 3.63) is 65.5 Å². The first kappa shape index (κ1) is 18.7. The molecule has 0 bridgehead atoms. The quantitative estimate of drug-likeness (QED) is 0.823. The van der Waals surface area contributed by atoms with E-state index in [-0.39, 0.29) is 17.2 Å². The number of carbonyl (C=O) groups is 2. The Labute approximate surface area is 166 Å². The summed E-state index contributed by atoms with van der Waals surface area (Å²) in [6.45, 7) is 4.97. The molecule has 0 atom stereocenters. The van der Waals surface area contributed by atoms with Crippen LogP contribution in [0.4, 0.5) is 0 Å². The fourth-order valence-electron chi connectivity index (χ4n) is 4.40. The van der Waals surface area contributed by atoms with Gasteiger partial charge in [-0.15, -0.1) is 0 Å². The number of hydrogen-bond donors (Lipinski definition) is 0. The van der Waals surface area contributed by atoms with Crippen LogP contribution in [-0.2, 0) is 22.6 Å². The summed E-state index contributed by atoms with van der Waals surface area (Å²) < 4.78 is 0. The first-order valence-electron chi connectivity index (χ1n) is 10.0. The van der Waals surface area contributed by atoms with E-state index in [9.17, 15) is 9.59 Å². The average molecular weight is 377 g/mol. The number of benzene rings is 1. The molecule has 3 heterocycles. The van der Waals surface area contributed by atoms with E-state index in [1.807, 2.05) is 40.3 Å². The van der Waals surface area contributed by atoms with Gasteiger partial charge in [0.05, 0.1) is 6.42 Å². The van der Waals surface area contributed by atoms with E-state index >= 15 is 0 Å². The molecule has 0 unspecified atom stereocenters. The summed E-state index contributed by atoms with van der Waals surface area (Å²) >= 11 is 0. The van der Waals surface area contributed by atoms with Gasteiger partial charge in [-0.1, -0.05) is 35.9 Å². The van der Waals surface area contributed by atoms with Crippen LogP contribution in [0.1, 0.15) is 36.0 Å². The number of hydrogen-bond acceptors (Lipinski definition) is 3. The second-order valence-corrected chi connectivity index (χ2v) is 8.33. The highest BCUT2D eigenvalue weighted by Crippen LogP contribution is 2.41. The lowest BCUT2D eigenvalue weighted by Crippen LogP contribution is -2.44. The number of aromatic nitrogens is 1. The first-order chi connectivity index (χ1) is 13.5. The molecule has 1 aromatic heterocycles. The topological polar surface area (TPSA) is 53.5 Å².